The van der Waals surface area contributed by atoms with Crippen molar-refractivity contribution in [1.82, 2.24) is 10.3 Å². The second kappa shape index (κ2) is 8.72. The van der Waals surface area contributed by atoms with Crippen LogP contribution in [0.5, 0.6) is 11.6 Å². The zero-order valence-corrected chi connectivity index (χ0v) is 15.0. The molecule has 0 fully saturated rings. The summed E-state index contributed by atoms with van der Waals surface area (Å²) in [7, 11) is 0. The number of ether oxygens (including phenoxy) is 1. The van der Waals surface area contributed by atoms with E-state index in [1.807, 2.05) is 0 Å². The molecule has 4 nitrogen and oxygen atoms in total. The van der Waals surface area contributed by atoms with Gasteiger partial charge < -0.3 is 10.1 Å². The first-order valence-electron chi connectivity index (χ1n) is 8.61. The average Bonchev–Trinajstić information content (AvgIpc) is 2.68. The maximum Gasteiger partial charge on any atom is 0.416 e. The summed E-state index contributed by atoms with van der Waals surface area (Å²) in [4.78, 5) is 16.1. The van der Waals surface area contributed by atoms with Crippen molar-refractivity contribution in [2.24, 2.45) is 0 Å². The van der Waals surface area contributed by atoms with Crippen LogP contribution in [0.3, 0.4) is 0 Å². The van der Waals surface area contributed by atoms with Gasteiger partial charge in [0.05, 0.1) is 12.0 Å². The Bertz CT molecular complexity index is 988. The minimum Gasteiger partial charge on any atom is -0.439 e. The summed E-state index contributed by atoms with van der Waals surface area (Å²) >= 11 is 0. The Morgan fingerprint density at radius 3 is 2.48 bits per heavy atom. The van der Waals surface area contributed by atoms with Gasteiger partial charge in [-0.2, -0.15) is 13.2 Å². The Morgan fingerprint density at radius 1 is 1.00 bits per heavy atom. The molecule has 3 aromatic rings. The van der Waals surface area contributed by atoms with Crippen LogP contribution in [0.2, 0.25) is 0 Å². The highest BCUT2D eigenvalue weighted by molar-refractivity contribution is 5.78. The van der Waals surface area contributed by atoms with Gasteiger partial charge in [-0.25, -0.2) is 9.37 Å². The third-order valence-electron chi connectivity index (χ3n) is 3.94. The number of halogens is 4. The number of amides is 1. The second-order valence-corrected chi connectivity index (χ2v) is 6.21. The second-order valence-electron chi connectivity index (χ2n) is 6.21. The Hall–Kier alpha value is -3.42. The van der Waals surface area contributed by atoms with Gasteiger partial charge in [-0.15, -0.1) is 0 Å². The summed E-state index contributed by atoms with van der Waals surface area (Å²) < 4.78 is 56.7. The van der Waals surface area contributed by atoms with E-state index in [0.717, 1.165) is 12.1 Å². The normalized spacial score (nSPS) is 11.2. The molecule has 0 atom stereocenters. The Labute approximate surface area is 164 Å². The number of carbonyl (C=O) groups is 1. The molecule has 1 aromatic heterocycles. The number of nitrogens with one attached hydrogen (secondary N) is 1. The van der Waals surface area contributed by atoms with Crippen LogP contribution < -0.4 is 10.1 Å². The minimum absolute atomic E-state index is 0.153. The minimum atomic E-state index is -4.45. The van der Waals surface area contributed by atoms with E-state index in [4.69, 9.17) is 4.74 Å². The largest absolute Gasteiger partial charge is 0.439 e. The van der Waals surface area contributed by atoms with Gasteiger partial charge in [0.25, 0.3) is 0 Å². The number of benzene rings is 2. The van der Waals surface area contributed by atoms with Crippen molar-refractivity contribution in [3.05, 3.63) is 89.4 Å². The summed E-state index contributed by atoms with van der Waals surface area (Å²) in [5.41, 5.74) is 0.168. The molecule has 1 N–H and O–H groups in total. The van der Waals surface area contributed by atoms with E-state index < -0.39 is 17.6 Å². The standard InChI is InChI=1S/C21H16F4N2O2/c22-17-4-6-18(7-5-17)29-20-12-15(8-9-26-20)13-27-19(28)11-14-2-1-3-16(10-14)21(23,24)25/h1-10,12H,11,13H2,(H,27,28). The van der Waals surface area contributed by atoms with Crippen LogP contribution in [0.4, 0.5) is 17.6 Å². The predicted octanol–water partition coefficient (Wildman–Crippen LogP) is 4.89. The van der Waals surface area contributed by atoms with Gasteiger partial charge >= 0.3 is 6.18 Å². The number of alkyl halides is 3. The van der Waals surface area contributed by atoms with Gasteiger partial charge in [-0.3, -0.25) is 4.79 Å². The molecule has 0 unspecified atom stereocenters. The van der Waals surface area contributed by atoms with E-state index >= 15 is 0 Å². The summed E-state index contributed by atoms with van der Waals surface area (Å²) in [6, 6.07) is 13.4. The van der Waals surface area contributed by atoms with E-state index in [1.165, 1.54) is 42.6 Å². The third-order valence-corrected chi connectivity index (χ3v) is 3.94. The lowest BCUT2D eigenvalue weighted by molar-refractivity contribution is -0.137. The van der Waals surface area contributed by atoms with Gasteiger partial charge in [0.1, 0.15) is 11.6 Å². The van der Waals surface area contributed by atoms with Crippen LogP contribution in [0.1, 0.15) is 16.7 Å². The lowest BCUT2D eigenvalue weighted by Gasteiger charge is -2.10. The number of pyridine rings is 1. The van der Waals surface area contributed by atoms with Crippen molar-refractivity contribution in [2.75, 3.05) is 0 Å². The average molecular weight is 404 g/mol. The molecule has 0 aliphatic heterocycles. The molecule has 0 saturated heterocycles. The summed E-state index contributed by atoms with van der Waals surface area (Å²) in [6.07, 6.45) is -3.13. The van der Waals surface area contributed by atoms with Gasteiger partial charge in [0.15, 0.2) is 0 Å². The van der Waals surface area contributed by atoms with Crippen LogP contribution in [0.25, 0.3) is 0 Å². The van der Waals surface area contributed by atoms with E-state index in [1.54, 1.807) is 12.1 Å². The molecular formula is C21H16F4N2O2. The predicted molar refractivity (Wildman–Crippen MR) is 97.7 cm³/mol. The van der Waals surface area contributed by atoms with Crippen LogP contribution in [-0.4, -0.2) is 10.9 Å². The fourth-order valence-electron chi connectivity index (χ4n) is 2.55. The van der Waals surface area contributed by atoms with Crippen LogP contribution in [0, 0.1) is 5.82 Å². The number of hydrogen-bond donors (Lipinski definition) is 1. The number of aromatic nitrogens is 1. The fraction of sp³-hybridized carbons (Fsp3) is 0.143. The van der Waals surface area contributed by atoms with Crippen molar-refractivity contribution >= 4 is 5.91 Å². The molecule has 0 aliphatic rings. The first-order chi connectivity index (χ1) is 13.8. The Balaban J connectivity index is 1.57. The Morgan fingerprint density at radius 2 is 1.76 bits per heavy atom. The highest BCUT2D eigenvalue weighted by Gasteiger charge is 2.30. The summed E-state index contributed by atoms with van der Waals surface area (Å²) in [5.74, 6) is -0.129. The molecule has 8 heteroatoms. The van der Waals surface area contributed by atoms with E-state index in [-0.39, 0.29) is 30.2 Å². The lowest BCUT2D eigenvalue weighted by Crippen LogP contribution is -2.24. The Kier molecular flexibility index (Phi) is 6.11. The van der Waals surface area contributed by atoms with Crippen LogP contribution >= 0.6 is 0 Å². The molecule has 0 spiro atoms. The molecule has 0 saturated carbocycles. The molecular weight excluding hydrogens is 388 g/mol. The van der Waals surface area contributed by atoms with Crippen molar-refractivity contribution in [3.63, 3.8) is 0 Å². The zero-order chi connectivity index (χ0) is 20.9. The quantitative estimate of drug-likeness (QED) is 0.595. The van der Waals surface area contributed by atoms with Gasteiger partial charge in [-0.05, 0) is 47.5 Å². The summed E-state index contributed by atoms with van der Waals surface area (Å²) in [6.45, 7) is 0.153. The zero-order valence-electron chi connectivity index (χ0n) is 15.0. The monoisotopic (exact) mass is 404 g/mol. The van der Waals surface area contributed by atoms with E-state index in [2.05, 4.69) is 10.3 Å². The van der Waals surface area contributed by atoms with Crippen molar-refractivity contribution < 1.29 is 27.1 Å². The molecule has 150 valence electrons. The van der Waals surface area contributed by atoms with Crippen molar-refractivity contribution in [3.8, 4) is 11.6 Å². The van der Waals surface area contributed by atoms with Crippen LogP contribution in [-0.2, 0) is 23.9 Å². The van der Waals surface area contributed by atoms with Gasteiger partial charge in [-0.1, -0.05) is 18.2 Å². The molecule has 1 amide bonds. The molecule has 0 bridgehead atoms. The van der Waals surface area contributed by atoms with Crippen molar-refractivity contribution in [2.45, 2.75) is 19.1 Å². The fourth-order valence-corrected chi connectivity index (χ4v) is 2.55. The number of carbonyl (C=O) groups excluding carboxylic acids is 1. The number of rotatable bonds is 6. The molecule has 0 radical (unpaired) electrons. The smallest absolute Gasteiger partial charge is 0.416 e. The van der Waals surface area contributed by atoms with E-state index in [0.29, 0.717) is 11.3 Å². The topological polar surface area (TPSA) is 51.2 Å². The lowest BCUT2D eigenvalue weighted by atomic mass is 10.1. The molecule has 3 rings (SSSR count). The number of nitrogens with zero attached hydrogens (tertiary/aromatic N) is 1. The van der Waals surface area contributed by atoms with Crippen LogP contribution in [0.15, 0.2) is 66.9 Å². The number of hydrogen-bond acceptors (Lipinski definition) is 3. The highest BCUT2D eigenvalue weighted by atomic mass is 19.4. The maximum absolute atomic E-state index is 12.9. The van der Waals surface area contributed by atoms with E-state index in [9.17, 15) is 22.4 Å². The van der Waals surface area contributed by atoms with Crippen molar-refractivity contribution in [1.29, 1.82) is 0 Å². The molecule has 1 heterocycles. The highest BCUT2D eigenvalue weighted by Crippen LogP contribution is 2.29. The van der Waals surface area contributed by atoms with Gasteiger partial charge in [0.2, 0.25) is 11.8 Å². The molecule has 29 heavy (non-hydrogen) atoms. The first-order valence-corrected chi connectivity index (χ1v) is 8.61. The summed E-state index contributed by atoms with van der Waals surface area (Å²) in [5, 5.41) is 2.65. The SMILES string of the molecule is O=C(Cc1cccc(C(F)(F)F)c1)NCc1ccnc(Oc2ccc(F)cc2)c1. The molecule has 0 aliphatic carbocycles. The maximum atomic E-state index is 12.9. The molecule has 2 aromatic carbocycles. The first kappa shape index (κ1) is 20.3. The van der Waals surface area contributed by atoms with Gasteiger partial charge in [0, 0.05) is 18.8 Å². The third kappa shape index (κ3) is 6.03.